The smallest absolute Gasteiger partial charge is 0.186 e. The van der Waals surface area contributed by atoms with E-state index >= 15 is 0 Å². The van der Waals surface area contributed by atoms with E-state index in [4.69, 9.17) is 57.8 Å². The molecule has 0 unspecified atom stereocenters. The van der Waals surface area contributed by atoms with Crippen LogP contribution in [0.15, 0.2) is 176 Å². The summed E-state index contributed by atoms with van der Waals surface area (Å²) in [7, 11) is 3.24. The van der Waals surface area contributed by atoms with Gasteiger partial charge in [-0.25, -0.2) is 0 Å². The first-order chi connectivity index (χ1) is 33.5. The lowest BCUT2D eigenvalue weighted by Crippen LogP contribution is -2.67. The molecule has 12 heteroatoms. The van der Waals surface area contributed by atoms with Crippen LogP contribution in [0.1, 0.15) is 33.4 Å². The minimum Gasteiger partial charge on any atom is -0.497 e. The molecule has 2 heterocycles. The molecule has 0 aromatic heterocycles. The first-order valence-electron chi connectivity index (χ1n) is 23.2. The Morgan fingerprint density at radius 2 is 0.750 bits per heavy atom. The molecule has 6 aromatic rings. The summed E-state index contributed by atoms with van der Waals surface area (Å²) in [6, 6.07) is 56.8. The molecule has 2 saturated heterocycles. The van der Waals surface area contributed by atoms with E-state index in [1.165, 1.54) is 0 Å². The molecule has 6 aromatic carbocycles. The molecule has 0 spiro atoms. The van der Waals surface area contributed by atoms with E-state index in [1.807, 2.05) is 176 Å². The Morgan fingerprint density at radius 1 is 0.382 bits per heavy atom. The number of nitrogens with two attached hydrogens (primary N) is 1. The number of hydrogen-bond donors (Lipinski definition) is 1. The number of ether oxygens (including phenoxy) is 11. The predicted molar refractivity (Wildman–Crippen MR) is 256 cm³/mol. The zero-order valence-electron chi connectivity index (χ0n) is 38.7. The molecule has 2 aliphatic rings. The summed E-state index contributed by atoms with van der Waals surface area (Å²) < 4.78 is 72.6. The second kappa shape index (κ2) is 25.9. The van der Waals surface area contributed by atoms with E-state index in [0.29, 0.717) is 19.8 Å². The van der Waals surface area contributed by atoms with Crippen LogP contribution in [0.25, 0.3) is 0 Å². The van der Waals surface area contributed by atoms with Gasteiger partial charge in [0.05, 0.1) is 66.0 Å². The maximum atomic E-state index is 7.35. The molecule has 0 aliphatic carbocycles. The van der Waals surface area contributed by atoms with Crippen LogP contribution in [-0.4, -0.2) is 88.8 Å². The second-order valence-corrected chi connectivity index (χ2v) is 16.9. The van der Waals surface area contributed by atoms with Crippen molar-refractivity contribution in [3.63, 3.8) is 0 Å². The molecule has 0 amide bonds. The van der Waals surface area contributed by atoms with E-state index in [2.05, 4.69) is 0 Å². The highest BCUT2D eigenvalue weighted by molar-refractivity contribution is 5.27. The molecule has 10 atom stereocenters. The monoisotopic (exact) mass is 925 g/mol. The van der Waals surface area contributed by atoms with Gasteiger partial charge in [0.2, 0.25) is 0 Å². The average Bonchev–Trinajstić information content (AvgIpc) is 3.39. The highest BCUT2D eigenvalue weighted by Gasteiger charge is 2.53. The van der Waals surface area contributed by atoms with Gasteiger partial charge in [-0.05, 0) is 45.5 Å². The van der Waals surface area contributed by atoms with Crippen LogP contribution in [0.2, 0.25) is 0 Å². The van der Waals surface area contributed by atoms with E-state index in [0.717, 1.165) is 39.1 Å². The Bertz CT molecular complexity index is 2300. The predicted octanol–water partition coefficient (Wildman–Crippen LogP) is 8.58. The van der Waals surface area contributed by atoms with Crippen LogP contribution in [0.4, 0.5) is 0 Å². The summed E-state index contributed by atoms with van der Waals surface area (Å²) in [5.74, 6) is 0.757. The highest BCUT2D eigenvalue weighted by atomic mass is 16.8. The van der Waals surface area contributed by atoms with Gasteiger partial charge < -0.3 is 57.8 Å². The van der Waals surface area contributed by atoms with Gasteiger partial charge in [0.15, 0.2) is 12.6 Å². The number of benzene rings is 6. The van der Waals surface area contributed by atoms with Crippen molar-refractivity contribution >= 4 is 0 Å². The van der Waals surface area contributed by atoms with Crippen LogP contribution in [0, 0.1) is 0 Å². The zero-order chi connectivity index (χ0) is 46.8. The minimum atomic E-state index is -1.06. The first-order valence-corrected chi connectivity index (χ1v) is 23.2. The van der Waals surface area contributed by atoms with Gasteiger partial charge in [-0.1, -0.05) is 164 Å². The largest absolute Gasteiger partial charge is 0.497 e. The quantitative estimate of drug-likeness (QED) is 0.0625. The third-order valence-electron chi connectivity index (χ3n) is 12.1. The Labute approximate surface area is 400 Å². The van der Waals surface area contributed by atoms with Crippen LogP contribution in [-0.2, 0) is 87.0 Å². The summed E-state index contributed by atoms with van der Waals surface area (Å²) in [6.07, 6.45) is -7.09. The van der Waals surface area contributed by atoms with Gasteiger partial charge in [-0.3, -0.25) is 0 Å². The maximum Gasteiger partial charge on any atom is 0.186 e. The molecule has 2 N–H and O–H groups in total. The van der Waals surface area contributed by atoms with Gasteiger partial charge in [0, 0.05) is 7.11 Å². The van der Waals surface area contributed by atoms with Gasteiger partial charge in [-0.2, -0.15) is 0 Å². The lowest BCUT2D eigenvalue weighted by Gasteiger charge is -2.49. The molecule has 0 radical (unpaired) electrons. The fraction of sp³-hybridized carbons (Fsp3) is 0.357. The van der Waals surface area contributed by atoms with E-state index < -0.39 is 61.3 Å². The molecule has 12 nitrogen and oxygen atoms in total. The van der Waals surface area contributed by atoms with Crippen molar-refractivity contribution in [3.8, 4) is 5.75 Å². The average molecular weight is 926 g/mol. The lowest BCUT2D eigenvalue weighted by atomic mass is 9.95. The summed E-state index contributed by atoms with van der Waals surface area (Å²) >= 11 is 0. The highest BCUT2D eigenvalue weighted by Crippen LogP contribution is 2.35. The summed E-state index contributed by atoms with van der Waals surface area (Å²) in [4.78, 5) is 0. The van der Waals surface area contributed by atoms with Crippen molar-refractivity contribution in [1.29, 1.82) is 0 Å². The van der Waals surface area contributed by atoms with Gasteiger partial charge in [0.1, 0.15) is 48.5 Å². The SMILES string of the molecule is COc1ccc(COC[C@H]2O[C@@H](OC)[C@H](OCc3ccccc3)[C@@H](OCc3ccccc3)[C@@H]2O[C@@H]2O[C@H](COCc3ccccc3)[C@@H](OCc3ccccc3)[C@H](OCc3ccccc3)[C@H]2N)cc1. The summed E-state index contributed by atoms with van der Waals surface area (Å²) in [5.41, 5.74) is 13.3. The fourth-order valence-electron chi connectivity index (χ4n) is 8.43. The standard InChI is InChI=1S/C56H63NO11/c1-58-46-30-28-45(29-31-46)33-61-39-48-51(53(64-36-43-24-14-6-15-25-43)54(56(59-2)67-48)65-37-44-26-16-7-17-27-44)68-55-49(57)52(63-35-42-22-12-5-13-23-42)50(62-34-41-20-10-4-11-21-41)47(66-55)38-60-32-40-18-8-3-9-19-40/h3-31,47-56H,32-39,57H2,1-2H3/t47-,48-,49-,50-,51-,52-,53+,54-,55+,56-/m1/s1. The van der Waals surface area contributed by atoms with Crippen molar-refractivity contribution in [1.82, 2.24) is 0 Å². The van der Waals surface area contributed by atoms with Gasteiger partial charge in [-0.15, -0.1) is 0 Å². The Hall–Kier alpha value is -5.32. The maximum absolute atomic E-state index is 7.35. The van der Waals surface area contributed by atoms with Crippen LogP contribution < -0.4 is 10.5 Å². The first kappa shape index (κ1) is 49.1. The molecular formula is C56H63NO11. The second-order valence-electron chi connectivity index (χ2n) is 16.9. The molecule has 0 bridgehead atoms. The van der Waals surface area contributed by atoms with Crippen LogP contribution >= 0.6 is 0 Å². The minimum absolute atomic E-state index is 0.107. The number of rotatable bonds is 24. The van der Waals surface area contributed by atoms with Crippen LogP contribution in [0.5, 0.6) is 5.75 Å². The molecule has 8 rings (SSSR count). The topological polar surface area (TPSA) is 128 Å². The van der Waals surface area contributed by atoms with Crippen molar-refractivity contribution < 1.29 is 52.1 Å². The molecule has 0 saturated carbocycles. The zero-order valence-corrected chi connectivity index (χ0v) is 38.7. The molecule has 358 valence electrons. The Balaban J connectivity index is 1.12. The lowest BCUT2D eigenvalue weighted by molar-refractivity contribution is -0.358. The molecule has 68 heavy (non-hydrogen) atoms. The third kappa shape index (κ3) is 13.9. The van der Waals surface area contributed by atoms with Crippen molar-refractivity contribution in [3.05, 3.63) is 209 Å². The summed E-state index contributed by atoms with van der Waals surface area (Å²) in [6.45, 7) is 2.01. The van der Waals surface area contributed by atoms with Crippen molar-refractivity contribution in [2.75, 3.05) is 27.4 Å². The number of hydrogen-bond acceptors (Lipinski definition) is 12. The Kier molecular flexibility index (Phi) is 18.7. The van der Waals surface area contributed by atoms with Crippen molar-refractivity contribution in [2.24, 2.45) is 5.73 Å². The Morgan fingerprint density at radius 3 is 1.19 bits per heavy atom. The van der Waals surface area contributed by atoms with E-state index in [-0.39, 0.29) is 33.0 Å². The van der Waals surface area contributed by atoms with Gasteiger partial charge >= 0.3 is 0 Å². The van der Waals surface area contributed by atoms with E-state index in [9.17, 15) is 0 Å². The molecule has 2 fully saturated rings. The fourth-order valence-corrected chi connectivity index (χ4v) is 8.43. The van der Waals surface area contributed by atoms with Gasteiger partial charge in [0.25, 0.3) is 0 Å². The van der Waals surface area contributed by atoms with Crippen LogP contribution in [0.3, 0.4) is 0 Å². The molecular weight excluding hydrogens is 863 g/mol. The summed E-state index contributed by atoms with van der Waals surface area (Å²) in [5, 5.41) is 0. The van der Waals surface area contributed by atoms with E-state index in [1.54, 1.807) is 14.2 Å². The molecule has 2 aliphatic heterocycles. The number of methoxy groups -OCH3 is 2. The van der Waals surface area contributed by atoms with Crippen molar-refractivity contribution in [2.45, 2.75) is 101 Å². The normalized spacial score (nSPS) is 24.9. The third-order valence-corrected chi connectivity index (χ3v) is 12.1.